The van der Waals surface area contributed by atoms with E-state index in [2.05, 4.69) is 24.1 Å². The number of carbonyl (C=O) groups excluding carboxylic acids is 1. The van der Waals surface area contributed by atoms with Crippen molar-refractivity contribution in [2.24, 2.45) is 0 Å². The van der Waals surface area contributed by atoms with E-state index in [0.29, 0.717) is 18.4 Å². The molecule has 2 rings (SSSR count). The number of piperazine rings is 1. The molecule has 2 saturated heterocycles. The van der Waals surface area contributed by atoms with Crippen molar-refractivity contribution in [1.29, 1.82) is 0 Å². The number of hydrogen-bond donors (Lipinski definition) is 1. The molecule has 1 N–H and O–H groups in total. The van der Waals surface area contributed by atoms with E-state index in [9.17, 15) is 4.79 Å². The number of nitrogens with zero attached hydrogens (tertiary/aromatic N) is 2. The molecule has 0 radical (unpaired) electrons. The predicted molar refractivity (Wildman–Crippen MR) is 82.4 cm³/mol. The Labute approximate surface area is 128 Å². The van der Waals surface area contributed by atoms with Crippen LogP contribution < -0.4 is 5.32 Å². The number of amides is 1. The highest BCUT2D eigenvalue weighted by Crippen LogP contribution is 2.14. The number of morpholine rings is 1. The van der Waals surface area contributed by atoms with Gasteiger partial charge in [-0.3, -0.25) is 9.69 Å². The van der Waals surface area contributed by atoms with Crippen molar-refractivity contribution in [3.8, 4) is 0 Å². The van der Waals surface area contributed by atoms with Crippen molar-refractivity contribution >= 4 is 18.3 Å². The van der Waals surface area contributed by atoms with Crippen molar-refractivity contribution in [1.82, 2.24) is 15.1 Å². The Bertz CT molecular complexity index is 298. The highest BCUT2D eigenvalue weighted by Gasteiger charge is 2.25. The highest BCUT2D eigenvalue weighted by atomic mass is 35.5. The van der Waals surface area contributed by atoms with E-state index in [1.807, 2.05) is 4.90 Å². The first-order chi connectivity index (χ1) is 9.19. The van der Waals surface area contributed by atoms with Gasteiger partial charge in [0.25, 0.3) is 0 Å². The van der Waals surface area contributed by atoms with E-state index in [0.717, 1.165) is 52.2 Å². The van der Waals surface area contributed by atoms with Gasteiger partial charge in [0.05, 0.1) is 12.2 Å². The fraction of sp³-hybridized carbons (Fsp3) is 0.929. The molecular weight excluding hydrogens is 278 g/mol. The Morgan fingerprint density at radius 1 is 1.30 bits per heavy atom. The maximum Gasteiger partial charge on any atom is 0.223 e. The van der Waals surface area contributed by atoms with Gasteiger partial charge >= 0.3 is 0 Å². The van der Waals surface area contributed by atoms with Crippen LogP contribution in [-0.4, -0.2) is 73.7 Å². The Hall–Kier alpha value is -0.360. The minimum atomic E-state index is 0. The monoisotopic (exact) mass is 305 g/mol. The summed E-state index contributed by atoms with van der Waals surface area (Å²) in [4.78, 5) is 16.5. The second-order valence-corrected chi connectivity index (χ2v) is 5.62. The fourth-order valence-corrected chi connectivity index (χ4v) is 2.87. The van der Waals surface area contributed by atoms with Crippen LogP contribution in [0.1, 0.15) is 26.7 Å². The zero-order valence-corrected chi connectivity index (χ0v) is 13.5. The number of rotatable bonds is 4. The summed E-state index contributed by atoms with van der Waals surface area (Å²) < 4.78 is 5.84. The lowest BCUT2D eigenvalue weighted by molar-refractivity contribution is -0.133. The third-order valence-corrected chi connectivity index (χ3v) is 3.97. The summed E-state index contributed by atoms with van der Waals surface area (Å²) in [7, 11) is 0. The molecule has 2 heterocycles. The van der Waals surface area contributed by atoms with Crippen LogP contribution in [0.2, 0.25) is 0 Å². The first kappa shape index (κ1) is 17.7. The lowest BCUT2D eigenvalue weighted by Gasteiger charge is -2.37. The molecule has 20 heavy (non-hydrogen) atoms. The normalized spacial score (nSPS) is 28.0. The molecule has 2 fully saturated rings. The quantitative estimate of drug-likeness (QED) is 0.832. The largest absolute Gasteiger partial charge is 0.373 e. The van der Waals surface area contributed by atoms with E-state index in [4.69, 9.17) is 4.74 Å². The molecule has 0 aromatic rings. The first-order valence-electron chi connectivity index (χ1n) is 7.55. The summed E-state index contributed by atoms with van der Waals surface area (Å²) in [5.74, 6) is 0.300. The molecule has 2 atom stereocenters. The Morgan fingerprint density at radius 2 is 2.00 bits per heavy atom. The topological polar surface area (TPSA) is 44.8 Å². The van der Waals surface area contributed by atoms with Gasteiger partial charge in [0.1, 0.15) is 0 Å². The number of ether oxygens (including phenoxy) is 1. The summed E-state index contributed by atoms with van der Waals surface area (Å²) >= 11 is 0. The third kappa shape index (κ3) is 5.20. The maximum atomic E-state index is 12.1. The van der Waals surface area contributed by atoms with Crippen molar-refractivity contribution in [3.63, 3.8) is 0 Å². The van der Waals surface area contributed by atoms with Crippen molar-refractivity contribution in [3.05, 3.63) is 0 Å². The standard InChI is InChI=1S/C14H27N3O2.ClH/c1-3-13-11-16(10-12(2)19-13)7-4-14(18)17-8-5-15-6-9-17;/h12-13,15H,3-11H2,1-2H3;1H. The van der Waals surface area contributed by atoms with Crippen LogP contribution in [0.5, 0.6) is 0 Å². The van der Waals surface area contributed by atoms with E-state index < -0.39 is 0 Å². The summed E-state index contributed by atoms with van der Waals surface area (Å²) in [6.45, 7) is 10.6. The molecule has 0 aliphatic carbocycles. The predicted octanol–water partition coefficient (Wildman–Crippen LogP) is 0.729. The van der Waals surface area contributed by atoms with Crippen LogP contribution in [0.25, 0.3) is 0 Å². The number of carbonyl (C=O) groups is 1. The van der Waals surface area contributed by atoms with E-state index in [1.165, 1.54) is 0 Å². The minimum Gasteiger partial charge on any atom is -0.373 e. The first-order valence-corrected chi connectivity index (χ1v) is 7.55. The van der Waals surface area contributed by atoms with Crippen LogP contribution >= 0.6 is 12.4 Å². The average molecular weight is 306 g/mol. The molecule has 0 saturated carbocycles. The van der Waals surface area contributed by atoms with Crippen molar-refractivity contribution < 1.29 is 9.53 Å². The van der Waals surface area contributed by atoms with E-state index >= 15 is 0 Å². The second-order valence-electron chi connectivity index (χ2n) is 5.62. The molecule has 5 nitrogen and oxygen atoms in total. The second kappa shape index (κ2) is 8.82. The molecular formula is C14H28ClN3O2. The Morgan fingerprint density at radius 3 is 2.65 bits per heavy atom. The van der Waals surface area contributed by atoms with Gasteiger partial charge in [0, 0.05) is 52.2 Å². The van der Waals surface area contributed by atoms with Crippen LogP contribution in [-0.2, 0) is 9.53 Å². The van der Waals surface area contributed by atoms with Crippen LogP contribution in [0.15, 0.2) is 0 Å². The van der Waals surface area contributed by atoms with Crippen LogP contribution in [0.3, 0.4) is 0 Å². The summed E-state index contributed by atoms with van der Waals surface area (Å²) in [5, 5.41) is 3.27. The Balaban J connectivity index is 0.00000200. The summed E-state index contributed by atoms with van der Waals surface area (Å²) in [6.07, 6.45) is 2.31. The zero-order chi connectivity index (χ0) is 13.7. The number of halogens is 1. The summed E-state index contributed by atoms with van der Waals surface area (Å²) in [6, 6.07) is 0. The van der Waals surface area contributed by atoms with Crippen molar-refractivity contribution in [2.75, 3.05) is 45.8 Å². The van der Waals surface area contributed by atoms with Gasteiger partial charge in [0.15, 0.2) is 0 Å². The molecule has 0 aromatic heterocycles. The molecule has 2 aliphatic heterocycles. The lowest BCUT2D eigenvalue weighted by atomic mass is 10.1. The molecule has 0 spiro atoms. The van der Waals surface area contributed by atoms with Gasteiger partial charge in [0.2, 0.25) is 5.91 Å². The van der Waals surface area contributed by atoms with Gasteiger partial charge in [-0.25, -0.2) is 0 Å². The van der Waals surface area contributed by atoms with E-state index in [1.54, 1.807) is 0 Å². The SMILES string of the molecule is CCC1CN(CCC(=O)N2CCNCC2)CC(C)O1.Cl. The number of nitrogens with one attached hydrogen (secondary N) is 1. The van der Waals surface area contributed by atoms with Crippen LogP contribution in [0, 0.1) is 0 Å². The van der Waals surface area contributed by atoms with Crippen molar-refractivity contribution in [2.45, 2.75) is 38.9 Å². The van der Waals surface area contributed by atoms with Gasteiger partial charge in [-0.15, -0.1) is 12.4 Å². The maximum absolute atomic E-state index is 12.1. The van der Waals surface area contributed by atoms with Gasteiger partial charge in [-0.2, -0.15) is 0 Å². The molecule has 0 aromatic carbocycles. The fourth-order valence-electron chi connectivity index (χ4n) is 2.87. The van der Waals surface area contributed by atoms with Gasteiger partial charge in [-0.05, 0) is 13.3 Å². The zero-order valence-electron chi connectivity index (χ0n) is 12.6. The van der Waals surface area contributed by atoms with Gasteiger partial charge < -0.3 is 15.0 Å². The lowest BCUT2D eigenvalue weighted by Crippen LogP contribution is -2.49. The highest BCUT2D eigenvalue weighted by molar-refractivity contribution is 5.85. The molecule has 6 heteroatoms. The Kier molecular flexibility index (Phi) is 7.80. The van der Waals surface area contributed by atoms with Gasteiger partial charge in [-0.1, -0.05) is 6.92 Å². The average Bonchev–Trinajstić information content (AvgIpc) is 2.45. The minimum absolute atomic E-state index is 0. The molecule has 2 unspecified atom stereocenters. The third-order valence-electron chi connectivity index (χ3n) is 3.97. The van der Waals surface area contributed by atoms with Crippen LogP contribution in [0.4, 0.5) is 0 Å². The summed E-state index contributed by atoms with van der Waals surface area (Å²) in [5.41, 5.74) is 0. The van der Waals surface area contributed by atoms with E-state index in [-0.39, 0.29) is 18.5 Å². The number of hydrogen-bond acceptors (Lipinski definition) is 4. The molecule has 1 amide bonds. The molecule has 2 aliphatic rings. The smallest absolute Gasteiger partial charge is 0.223 e. The molecule has 118 valence electrons. The molecule has 0 bridgehead atoms.